The molecule has 1 aromatic carbocycles. The molecule has 0 radical (unpaired) electrons. The van der Waals surface area contributed by atoms with Crippen LogP contribution in [0.1, 0.15) is 52.5 Å². The second kappa shape index (κ2) is 7.75. The Labute approximate surface area is 168 Å². The van der Waals surface area contributed by atoms with Crippen LogP contribution in [-0.2, 0) is 6.42 Å². The van der Waals surface area contributed by atoms with Gasteiger partial charge in [0, 0.05) is 11.3 Å². The number of ether oxygens (including phenoxy) is 1. The summed E-state index contributed by atoms with van der Waals surface area (Å²) in [6, 6.07) is 4.58. The van der Waals surface area contributed by atoms with Crippen LogP contribution in [0.5, 0.6) is 11.6 Å². The van der Waals surface area contributed by atoms with Gasteiger partial charge in [0.2, 0.25) is 5.88 Å². The first-order valence-corrected chi connectivity index (χ1v) is 13.0. The highest BCUT2D eigenvalue weighted by molar-refractivity contribution is 6.74. The monoisotopic (exact) mass is 399 g/mol. The summed E-state index contributed by atoms with van der Waals surface area (Å²) in [6.45, 7) is 13.1. The first kappa shape index (κ1) is 20.7. The second-order valence-electron chi connectivity index (χ2n) is 9.12. The molecule has 1 aliphatic rings. The molecular formula is C23H30FNO2Si. The average Bonchev–Trinajstić information content (AvgIpc) is 3.41. The molecule has 0 spiro atoms. The summed E-state index contributed by atoms with van der Waals surface area (Å²) in [7, 11) is -2.09. The van der Waals surface area contributed by atoms with Gasteiger partial charge in [-0.1, -0.05) is 40.0 Å². The van der Waals surface area contributed by atoms with Gasteiger partial charge in [0.25, 0.3) is 8.32 Å². The van der Waals surface area contributed by atoms with Gasteiger partial charge < -0.3 is 9.16 Å². The Bertz CT molecular complexity index is 933. The molecule has 1 heterocycles. The van der Waals surface area contributed by atoms with Crippen molar-refractivity contribution in [1.82, 2.24) is 4.98 Å². The Hall–Kier alpha value is -2.06. The molecule has 0 bridgehead atoms. The zero-order chi connectivity index (χ0) is 20.5. The van der Waals surface area contributed by atoms with E-state index in [1.165, 1.54) is 12.1 Å². The molecule has 5 heteroatoms. The molecule has 0 aliphatic heterocycles. The third-order valence-electron chi connectivity index (χ3n) is 5.61. The standard InChI is InChI=1S/C23H30FNO2Si/c1-7-8-18-21(26-14-13-16-9-10-16)19-15-17(24)11-12-20(19)25-22(18)27-28(5,6)23(2,3)4/h11-12,15-16H,7-10H2,1-6H3. The van der Waals surface area contributed by atoms with E-state index in [4.69, 9.17) is 14.1 Å². The molecule has 1 saturated carbocycles. The van der Waals surface area contributed by atoms with E-state index in [2.05, 4.69) is 52.8 Å². The number of fused-ring (bicyclic) bond motifs is 1. The van der Waals surface area contributed by atoms with Crippen LogP contribution in [0.15, 0.2) is 18.2 Å². The summed E-state index contributed by atoms with van der Waals surface area (Å²) >= 11 is 0. The van der Waals surface area contributed by atoms with Gasteiger partial charge in [-0.25, -0.2) is 9.37 Å². The first-order chi connectivity index (χ1) is 13.1. The fourth-order valence-electron chi connectivity index (χ4n) is 2.68. The molecule has 1 aliphatic carbocycles. The molecule has 150 valence electrons. The molecule has 0 unspecified atom stereocenters. The lowest BCUT2D eigenvalue weighted by molar-refractivity contribution is 0.460. The lowest BCUT2D eigenvalue weighted by atomic mass is 10.1. The van der Waals surface area contributed by atoms with E-state index >= 15 is 0 Å². The quantitative estimate of drug-likeness (QED) is 0.427. The van der Waals surface area contributed by atoms with E-state index in [0.717, 1.165) is 31.2 Å². The maximum absolute atomic E-state index is 14.0. The van der Waals surface area contributed by atoms with Crippen LogP contribution in [0.4, 0.5) is 4.39 Å². The molecule has 0 atom stereocenters. The Morgan fingerprint density at radius 2 is 1.96 bits per heavy atom. The summed E-state index contributed by atoms with van der Waals surface area (Å²) in [5.41, 5.74) is 1.55. The average molecular weight is 400 g/mol. The number of nitrogens with zero attached hydrogens (tertiary/aromatic N) is 1. The van der Waals surface area contributed by atoms with E-state index in [1.54, 1.807) is 6.07 Å². The Morgan fingerprint density at radius 1 is 1.25 bits per heavy atom. The maximum atomic E-state index is 14.0. The van der Waals surface area contributed by atoms with Crippen molar-refractivity contribution in [3.63, 3.8) is 0 Å². The number of halogens is 1. The highest BCUT2D eigenvalue weighted by Crippen LogP contribution is 2.41. The Kier molecular flexibility index (Phi) is 5.72. The molecule has 1 aromatic heterocycles. The van der Waals surface area contributed by atoms with E-state index in [1.807, 2.05) is 0 Å². The van der Waals surface area contributed by atoms with E-state index < -0.39 is 8.32 Å². The normalized spacial score (nSPS) is 14.5. The third kappa shape index (κ3) is 4.49. The van der Waals surface area contributed by atoms with Crippen LogP contribution in [0.3, 0.4) is 0 Å². The van der Waals surface area contributed by atoms with Crippen molar-refractivity contribution >= 4 is 19.2 Å². The van der Waals surface area contributed by atoms with Gasteiger partial charge in [-0.3, -0.25) is 0 Å². The number of aromatic nitrogens is 1. The number of hydrogen-bond donors (Lipinski definition) is 0. The highest BCUT2D eigenvalue weighted by Gasteiger charge is 2.40. The molecule has 0 saturated heterocycles. The maximum Gasteiger partial charge on any atom is 0.252 e. The lowest BCUT2D eigenvalue weighted by Crippen LogP contribution is -2.44. The molecular weight excluding hydrogens is 369 g/mol. The van der Waals surface area contributed by atoms with Gasteiger partial charge in [0.15, 0.2) is 5.75 Å². The van der Waals surface area contributed by atoms with Crippen molar-refractivity contribution in [2.24, 2.45) is 5.92 Å². The van der Waals surface area contributed by atoms with Crippen LogP contribution in [0.2, 0.25) is 18.1 Å². The van der Waals surface area contributed by atoms with E-state index in [-0.39, 0.29) is 10.9 Å². The van der Waals surface area contributed by atoms with Crippen LogP contribution in [0.25, 0.3) is 10.9 Å². The number of benzene rings is 1. The summed E-state index contributed by atoms with van der Waals surface area (Å²) in [6.07, 6.45) is 6.75. The predicted octanol–water partition coefficient (Wildman–Crippen LogP) is 6.46. The van der Waals surface area contributed by atoms with E-state index in [0.29, 0.717) is 28.5 Å². The molecule has 3 nitrogen and oxygen atoms in total. The van der Waals surface area contributed by atoms with Gasteiger partial charge in [0.1, 0.15) is 11.9 Å². The zero-order valence-electron chi connectivity index (χ0n) is 17.8. The largest absolute Gasteiger partial charge is 0.530 e. The topological polar surface area (TPSA) is 31.4 Å². The molecule has 2 aromatic rings. The van der Waals surface area contributed by atoms with Gasteiger partial charge in [-0.15, -0.1) is 0 Å². The minimum Gasteiger partial charge on any atom is -0.530 e. The summed E-state index contributed by atoms with van der Waals surface area (Å²) in [5, 5.41) is 0.694. The zero-order valence-corrected chi connectivity index (χ0v) is 18.8. The van der Waals surface area contributed by atoms with Gasteiger partial charge in [0.05, 0.1) is 11.1 Å². The predicted molar refractivity (Wildman–Crippen MR) is 115 cm³/mol. The summed E-state index contributed by atoms with van der Waals surface area (Å²) < 4.78 is 26.5. The van der Waals surface area contributed by atoms with Crippen LogP contribution >= 0.6 is 0 Å². The number of rotatable bonds is 5. The third-order valence-corrected chi connectivity index (χ3v) is 9.93. The SMILES string of the molecule is CCCc1c(O[Si](C)(C)C(C)(C)C)nc2ccc(F)cc2c1OC#CC1CC1. The minimum absolute atomic E-state index is 0.0444. The molecule has 3 rings (SSSR count). The molecule has 0 N–H and O–H groups in total. The highest BCUT2D eigenvalue weighted by atomic mass is 28.4. The Morgan fingerprint density at radius 3 is 2.57 bits per heavy atom. The molecule has 1 fully saturated rings. The number of hydrogen-bond acceptors (Lipinski definition) is 3. The molecule has 0 amide bonds. The van der Waals surface area contributed by atoms with Crippen LogP contribution in [0, 0.1) is 23.8 Å². The smallest absolute Gasteiger partial charge is 0.252 e. The summed E-state index contributed by atoms with van der Waals surface area (Å²) in [5.74, 6) is 4.45. The Balaban J connectivity index is 2.15. The molecule has 28 heavy (non-hydrogen) atoms. The number of pyridine rings is 1. The van der Waals surface area contributed by atoms with Gasteiger partial charge in [-0.2, -0.15) is 0 Å². The van der Waals surface area contributed by atoms with Crippen molar-refractivity contribution in [2.45, 2.75) is 71.5 Å². The van der Waals surface area contributed by atoms with Gasteiger partial charge >= 0.3 is 0 Å². The lowest BCUT2D eigenvalue weighted by Gasteiger charge is -2.36. The van der Waals surface area contributed by atoms with E-state index in [9.17, 15) is 4.39 Å². The first-order valence-electron chi connectivity index (χ1n) is 10.1. The fraction of sp³-hybridized carbons (Fsp3) is 0.522. The fourth-order valence-corrected chi connectivity index (χ4v) is 3.64. The minimum atomic E-state index is -2.09. The second-order valence-corrected chi connectivity index (χ2v) is 13.8. The van der Waals surface area contributed by atoms with Gasteiger partial charge in [-0.05, 0) is 55.6 Å². The summed E-state index contributed by atoms with van der Waals surface area (Å²) in [4.78, 5) is 4.77. The van der Waals surface area contributed by atoms with Crippen LogP contribution < -0.4 is 9.16 Å². The van der Waals surface area contributed by atoms with Crippen molar-refractivity contribution in [3.05, 3.63) is 29.6 Å². The van der Waals surface area contributed by atoms with Crippen LogP contribution in [-0.4, -0.2) is 13.3 Å². The van der Waals surface area contributed by atoms with Crippen molar-refractivity contribution < 1.29 is 13.6 Å². The van der Waals surface area contributed by atoms with Crippen molar-refractivity contribution in [2.75, 3.05) is 0 Å². The van der Waals surface area contributed by atoms with Crippen molar-refractivity contribution in [3.8, 4) is 23.7 Å². The van der Waals surface area contributed by atoms with Crippen molar-refractivity contribution in [1.29, 1.82) is 0 Å².